The van der Waals surface area contributed by atoms with Crippen molar-refractivity contribution in [3.8, 4) is 5.75 Å². The van der Waals surface area contributed by atoms with E-state index in [0.717, 1.165) is 55.1 Å². The fourth-order valence-corrected chi connectivity index (χ4v) is 4.09. The quantitative estimate of drug-likeness (QED) is 0.873. The first kappa shape index (κ1) is 17.9. The molecule has 1 N–H and O–H groups in total. The second-order valence-corrected chi connectivity index (χ2v) is 7.47. The Balaban J connectivity index is 1.44. The predicted molar refractivity (Wildman–Crippen MR) is 110 cm³/mol. The number of aromatic nitrogens is 2. The maximum absolute atomic E-state index is 5.52. The van der Waals surface area contributed by atoms with E-state index in [4.69, 9.17) is 14.7 Å². The summed E-state index contributed by atoms with van der Waals surface area (Å²) in [6.07, 6.45) is 5.13. The number of benzene rings is 1. The van der Waals surface area contributed by atoms with Crippen LogP contribution in [0.25, 0.3) is 0 Å². The Morgan fingerprint density at radius 1 is 1.00 bits per heavy atom. The van der Waals surface area contributed by atoms with Gasteiger partial charge in [0.1, 0.15) is 11.6 Å². The lowest BCUT2D eigenvalue weighted by molar-refractivity contribution is 0.413. The molecule has 2 aliphatic rings. The Bertz CT molecular complexity index is 767. The molecule has 27 heavy (non-hydrogen) atoms. The van der Waals surface area contributed by atoms with Crippen LogP contribution in [0.15, 0.2) is 30.3 Å². The van der Waals surface area contributed by atoms with Crippen LogP contribution in [-0.2, 0) is 0 Å². The van der Waals surface area contributed by atoms with Gasteiger partial charge in [0.05, 0.1) is 12.8 Å². The van der Waals surface area contributed by atoms with Crippen molar-refractivity contribution in [1.29, 1.82) is 0 Å². The van der Waals surface area contributed by atoms with Crippen LogP contribution in [0, 0.1) is 6.92 Å². The number of hydrogen-bond donors (Lipinski definition) is 1. The number of rotatable bonds is 5. The first-order chi connectivity index (χ1) is 13.2. The highest BCUT2D eigenvalue weighted by Crippen LogP contribution is 2.29. The summed E-state index contributed by atoms with van der Waals surface area (Å²) in [4.78, 5) is 14.2. The van der Waals surface area contributed by atoms with Crippen molar-refractivity contribution in [2.75, 3.05) is 48.4 Å². The van der Waals surface area contributed by atoms with Crippen LogP contribution in [0.5, 0.6) is 5.75 Å². The summed E-state index contributed by atoms with van der Waals surface area (Å²) in [5.41, 5.74) is 2.18. The smallest absolute Gasteiger partial charge is 0.227 e. The van der Waals surface area contributed by atoms with Gasteiger partial charge in [0.2, 0.25) is 5.95 Å². The summed E-state index contributed by atoms with van der Waals surface area (Å²) in [7, 11) is 1.73. The Kier molecular flexibility index (Phi) is 5.32. The lowest BCUT2D eigenvalue weighted by atomic mass is 10.2. The average molecular weight is 367 g/mol. The highest BCUT2D eigenvalue weighted by molar-refractivity contribution is 5.59. The van der Waals surface area contributed by atoms with Crippen molar-refractivity contribution in [3.05, 3.63) is 36.0 Å². The Hall–Kier alpha value is -2.50. The standard InChI is InChI=1S/C21H29N5O/c1-16-15-20(23-17-7-3-4-8-17)24-21(22-16)26-13-11-25(12-14-26)18-9-5-6-10-19(18)27-2/h5-6,9-10,15,17H,3-4,7-8,11-14H2,1-2H3,(H,22,23,24). The summed E-state index contributed by atoms with van der Waals surface area (Å²) < 4.78 is 5.52. The minimum atomic E-state index is 0.564. The summed E-state index contributed by atoms with van der Waals surface area (Å²) >= 11 is 0. The highest BCUT2D eigenvalue weighted by atomic mass is 16.5. The van der Waals surface area contributed by atoms with Gasteiger partial charge >= 0.3 is 0 Å². The normalized spacial score (nSPS) is 18.0. The van der Waals surface area contributed by atoms with Crippen LogP contribution in [0.4, 0.5) is 17.5 Å². The van der Waals surface area contributed by atoms with E-state index < -0.39 is 0 Å². The first-order valence-electron chi connectivity index (χ1n) is 9.98. The van der Waals surface area contributed by atoms with E-state index in [0.29, 0.717) is 6.04 Å². The van der Waals surface area contributed by atoms with Gasteiger partial charge in [-0.25, -0.2) is 4.98 Å². The van der Waals surface area contributed by atoms with E-state index in [1.54, 1.807) is 7.11 Å². The van der Waals surface area contributed by atoms with Crippen molar-refractivity contribution >= 4 is 17.5 Å². The van der Waals surface area contributed by atoms with E-state index >= 15 is 0 Å². The zero-order valence-electron chi connectivity index (χ0n) is 16.3. The van der Waals surface area contributed by atoms with E-state index in [2.05, 4.69) is 40.2 Å². The SMILES string of the molecule is COc1ccccc1N1CCN(c2nc(C)cc(NC3CCCC3)n2)CC1. The fraction of sp³-hybridized carbons (Fsp3) is 0.524. The minimum absolute atomic E-state index is 0.564. The molecule has 0 bridgehead atoms. The first-order valence-corrected chi connectivity index (χ1v) is 9.98. The van der Waals surface area contributed by atoms with Crippen molar-refractivity contribution in [3.63, 3.8) is 0 Å². The number of ether oxygens (including phenoxy) is 1. The van der Waals surface area contributed by atoms with E-state index in [9.17, 15) is 0 Å². The van der Waals surface area contributed by atoms with Gasteiger partial charge in [-0.1, -0.05) is 25.0 Å². The van der Waals surface area contributed by atoms with Crippen molar-refractivity contribution in [2.24, 2.45) is 0 Å². The monoisotopic (exact) mass is 367 g/mol. The van der Waals surface area contributed by atoms with E-state index in [1.165, 1.54) is 25.7 Å². The molecule has 1 aliphatic carbocycles. The summed E-state index contributed by atoms with van der Waals surface area (Å²) in [5.74, 6) is 2.74. The molecule has 1 aromatic heterocycles. The number of nitrogens with zero attached hydrogens (tertiary/aromatic N) is 4. The molecule has 6 heteroatoms. The third-order valence-electron chi connectivity index (χ3n) is 5.54. The number of para-hydroxylation sites is 2. The minimum Gasteiger partial charge on any atom is -0.495 e. The summed E-state index contributed by atoms with van der Waals surface area (Å²) in [6, 6.07) is 10.8. The Labute approximate surface area is 161 Å². The van der Waals surface area contributed by atoms with Crippen LogP contribution in [0.3, 0.4) is 0 Å². The molecule has 2 heterocycles. The van der Waals surface area contributed by atoms with Gasteiger partial charge in [0, 0.05) is 44.0 Å². The third-order valence-corrected chi connectivity index (χ3v) is 5.54. The number of anilines is 3. The van der Waals surface area contributed by atoms with Gasteiger partial charge in [-0.2, -0.15) is 4.98 Å². The fourth-order valence-electron chi connectivity index (χ4n) is 4.09. The molecule has 0 atom stereocenters. The largest absolute Gasteiger partial charge is 0.495 e. The highest BCUT2D eigenvalue weighted by Gasteiger charge is 2.22. The average Bonchev–Trinajstić information content (AvgIpc) is 3.20. The number of methoxy groups -OCH3 is 1. The van der Waals surface area contributed by atoms with E-state index in [1.807, 2.05) is 12.1 Å². The maximum atomic E-state index is 5.52. The second kappa shape index (κ2) is 8.03. The molecule has 4 rings (SSSR count). The van der Waals surface area contributed by atoms with Crippen molar-refractivity contribution in [2.45, 2.75) is 38.6 Å². The molecule has 2 fully saturated rings. The van der Waals surface area contributed by atoms with Crippen molar-refractivity contribution < 1.29 is 4.74 Å². The molecule has 0 unspecified atom stereocenters. The zero-order chi connectivity index (χ0) is 18.6. The van der Waals surface area contributed by atoms with Gasteiger partial charge in [-0.15, -0.1) is 0 Å². The lowest BCUT2D eigenvalue weighted by Gasteiger charge is -2.36. The topological polar surface area (TPSA) is 53.5 Å². The molecule has 6 nitrogen and oxygen atoms in total. The van der Waals surface area contributed by atoms with Crippen molar-refractivity contribution in [1.82, 2.24) is 9.97 Å². The molecule has 1 aromatic carbocycles. The summed E-state index contributed by atoms with van der Waals surface area (Å²) in [5, 5.41) is 3.61. The number of aryl methyl sites for hydroxylation is 1. The number of nitrogens with one attached hydrogen (secondary N) is 1. The van der Waals surface area contributed by atoms with Crippen LogP contribution < -0.4 is 19.9 Å². The molecule has 0 amide bonds. The van der Waals surface area contributed by atoms with Gasteiger partial charge in [-0.05, 0) is 31.9 Å². The van der Waals surface area contributed by atoms with Crippen LogP contribution >= 0.6 is 0 Å². The maximum Gasteiger partial charge on any atom is 0.227 e. The molecular formula is C21H29N5O. The lowest BCUT2D eigenvalue weighted by Crippen LogP contribution is -2.47. The van der Waals surface area contributed by atoms with Gasteiger partial charge < -0.3 is 19.9 Å². The molecule has 0 radical (unpaired) electrons. The zero-order valence-corrected chi connectivity index (χ0v) is 16.3. The third kappa shape index (κ3) is 4.10. The molecule has 0 spiro atoms. The van der Waals surface area contributed by atoms with Gasteiger partial charge in [0.25, 0.3) is 0 Å². The van der Waals surface area contributed by atoms with Gasteiger partial charge in [0.15, 0.2) is 0 Å². The number of hydrogen-bond acceptors (Lipinski definition) is 6. The molecule has 2 aromatic rings. The molecule has 1 saturated carbocycles. The van der Waals surface area contributed by atoms with Crippen LogP contribution in [-0.4, -0.2) is 49.3 Å². The second-order valence-electron chi connectivity index (χ2n) is 7.47. The van der Waals surface area contributed by atoms with Gasteiger partial charge in [-0.3, -0.25) is 0 Å². The predicted octanol–water partition coefficient (Wildman–Crippen LogP) is 3.47. The molecule has 1 aliphatic heterocycles. The Morgan fingerprint density at radius 2 is 1.70 bits per heavy atom. The Morgan fingerprint density at radius 3 is 2.44 bits per heavy atom. The summed E-state index contributed by atoms with van der Waals surface area (Å²) in [6.45, 7) is 5.73. The molecule has 144 valence electrons. The molecule has 1 saturated heterocycles. The van der Waals surface area contributed by atoms with Crippen LogP contribution in [0.1, 0.15) is 31.4 Å². The number of piperazine rings is 1. The molecular weight excluding hydrogens is 338 g/mol. The van der Waals surface area contributed by atoms with E-state index in [-0.39, 0.29) is 0 Å². The van der Waals surface area contributed by atoms with Crippen LogP contribution in [0.2, 0.25) is 0 Å².